The average Bonchev–Trinajstić information content (AvgIpc) is 2.85. The first kappa shape index (κ1) is 13.3. The quantitative estimate of drug-likeness (QED) is 0.908. The van der Waals surface area contributed by atoms with E-state index in [0.29, 0.717) is 5.89 Å². The van der Waals surface area contributed by atoms with Gasteiger partial charge in [0.2, 0.25) is 5.89 Å². The Kier molecular flexibility index (Phi) is 3.57. The summed E-state index contributed by atoms with van der Waals surface area (Å²) >= 11 is 0. The van der Waals surface area contributed by atoms with Gasteiger partial charge >= 0.3 is 0 Å². The molecule has 0 amide bonds. The first-order chi connectivity index (χ1) is 9.71. The molecule has 3 rings (SSSR count). The van der Waals surface area contributed by atoms with Gasteiger partial charge in [0.15, 0.2) is 5.82 Å². The van der Waals surface area contributed by atoms with Crippen LogP contribution in [0, 0.1) is 0 Å². The van der Waals surface area contributed by atoms with Gasteiger partial charge in [-0.2, -0.15) is 4.98 Å². The smallest absolute Gasteiger partial charge is 0.226 e. The maximum atomic E-state index is 5.77. The highest BCUT2D eigenvalue weighted by Crippen LogP contribution is 2.47. The van der Waals surface area contributed by atoms with E-state index < -0.39 is 0 Å². The molecule has 0 radical (unpaired) electrons. The highest BCUT2D eigenvalue weighted by Gasteiger charge is 2.44. The summed E-state index contributed by atoms with van der Waals surface area (Å²) in [4.78, 5) is 4.62. The lowest BCUT2D eigenvalue weighted by molar-refractivity contribution is 0.270. The van der Waals surface area contributed by atoms with Crippen molar-refractivity contribution in [2.24, 2.45) is 5.73 Å². The zero-order valence-electron chi connectivity index (χ0n) is 11.9. The first-order valence-electron chi connectivity index (χ1n) is 7.35. The van der Waals surface area contributed by atoms with Crippen molar-refractivity contribution < 1.29 is 4.52 Å². The Labute approximate surface area is 119 Å². The molecular formula is C16H21N3O. The number of rotatable bonds is 5. The van der Waals surface area contributed by atoms with Crippen LogP contribution in [0.5, 0.6) is 0 Å². The Bertz CT molecular complexity index is 558. The molecule has 1 aromatic heterocycles. The molecule has 2 aromatic rings. The number of nitrogens with two attached hydrogens (primary N) is 1. The van der Waals surface area contributed by atoms with Crippen molar-refractivity contribution in [1.29, 1.82) is 0 Å². The molecule has 1 unspecified atom stereocenters. The zero-order valence-corrected chi connectivity index (χ0v) is 11.9. The summed E-state index contributed by atoms with van der Waals surface area (Å²) in [7, 11) is 0. The van der Waals surface area contributed by atoms with Crippen molar-refractivity contribution in [2.75, 3.05) is 0 Å². The third-order valence-electron chi connectivity index (χ3n) is 4.24. The van der Waals surface area contributed by atoms with Crippen molar-refractivity contribution in [2.45, 2.75) is 50.5 Å². The lowest BCUT2D eigenvalue weighted by Gasteiger charge is -2.39. The van der Waals surface area contributed by atoms with E-state index in [1.54, 1.807) is 0 Å². The molecule has 106 valence electrons. The van der Waals surface area contributed by atoms with Crippen molar-refractivity contribution in [3.05, 3.63) is 47.6 Å². The van der Waals surface area contributed by atoms with Crippen LogP contribution in [0.1, 0.15) is 49.9 Å². The van der Waals surface area contributed by atoms with Gasteiger partial charge in [-0.25, -0.2) is 0 Å². The van der Waals surface area contributed by atoms with Gasteiger partial charge in [0.1, 0.15) is 0 Å². The lowest BCUT2D eigenvalue weighted by Crippen LogP contribution is -2.36. The monoisotopic (exact) mass is 271 g/mol. The van der Waals surface area contributed by atoms with Crippen LogP contribution in [0.4, 0.5) is 0 Å². The number of benzene rings is 1. The van der Waals surface area contributed by atoms with Crippen LogP contribution in [-0.2, 0) is 11.8 Å². The molecule has 1 heterocycles. The second kappa shape index (κ2) is 5.37. The van der Waals surface area contributed by atoms with Gasteiger partial charge < -0.3 is 10.3 Å². The second-order valence-electron chi connectivity index (χ2n) is 5.83. The molecule has 20 heavy (non-hydrogen) atoms. The van der Waals surface area contributed by atoms with E-state index in [9.17, 15) is 0 Å². The SMILES string of the molecule is CC(N)CCc1nc(C2(c3ccccc3)CCC2)no1. The minimum atomic E-state index is -0.0304. The van der Waals surface area contributed by atoms with Gasteiger partial charge in [-0.3, -0.25) is 0 Å². The molecule has 1 fully saturated rings. The van der Waals surface area contributed by atoms with Crippen LogP contribution < -0.4 is 5.73 Å². The highest BCUT2D eigenvalue weighted by atomic mass is 16.5. The van der Waals surface area contributed by atoms with E-state index in [-0.39, 0.29) is 11.5 Å². The van der Waals surface area contributed by atoms with Gasteiger partial charge in [-0.1, -0.05) is 41.9 Å². The van der Waals surface area contributed by atoms with Crippen molar-refractivity contribution in [3.63, 3.8) is 0 Å². The maximum absolute atomic E-state index is 5.77. The van der Waals surface area contributed by atoms with Gasteiger partial charge in [-0.05, 0) is 31.7 Å². The van der Waals surface area contributed by atoms with E-state index in [1.165, 1.54) is 12.0 Å². The van der Waals surface area contributed by atoms with E-state index in [2.05, 4.69) is 34.4 Å². The van der Waals surface area contributed by atoms with Crippen molar-refractivity contribution in [1.82, 2.24) is 10.1 Å². The van der Waals surface area contributed by atoms with Gasteiger partial charge in [-0.15, -0.1) is 0 Å². The van der Waals surface area contributed by atoms with Crippen LogP contribution >= 0.6 is 0 Å². The summed E-state index contributed by atoms with van der Waals surface area (Å²) in [5.74, 6) is 1.55. The van der Waals surface area contributed by atoms with E-state index in [1.807, 2.05) is 13.0 Å². The molecule has 1 aromatic carbocycles. The predicted octanol–water partition coefficient (Wildman–Crippen LogP) is 2.82. The van der Waals surface area contributed by atoms with Crippen LogP contribution in [0.3, 0.4) is 0 Å². The first-order valence-corrected chi connectivity index (χ1v) is 7.35. The van der Waals surface area contributed by atoms with Crippen LogP contribution in [0.2, 0.25) is 0 Å². The molecule has 1 aliphatic rings. The Balaban J connectivity index is 1.84. The summed E-state index contributed by atoms with van der Waals surface area (Å²) < 4.78 is 5.40. The fourth-order valence-electron chi connectivity index (χ4n) is 2.83. The molecule has 4 nitrogen and oxygen atoms in total. The Morgan fingerprint density at radius 1 is 1.30 bits per heavy atom. The van der Waals surface area contributed by atoms with Crippen molar-refractivity contribution in [3.8, 4) is 0 Å². The molecule has 1 atom stereocenters. The predicted molar refractivity (Wildman–Crippen MR) is 77.3 cm³/mol. The Morgan fingerprint density at radius 2 is 2.05 bits per heavy atom. The molecule has 4 heteroatoms. The normalized spacial score (nSPS) is 18.5. The Hall–Kier alpha value is -1.68. The van der Waals surface area contributed by atoms with Gasteiger partial charge in [0, 0.05) is 12.5 Å². The Morgan fingerprint density at radius 3 is 2.65 bits per heavy atom. The molecule has 1 aliphatic carbocycles. The minimum absolute atomic E-state index is 0.0304. The third-order valence-corrected chi connectivity index (χ3v) is 4.24. The van der Waals surface area contributed by atoms with Gasteiger partial charge in [0.05, 0.1) is 5.41 Å². The molecule has 2 N–H and O–H groups in total. The largest absolute Gasteiger partial charge is 0.339 e. The molecule has 0 bridgehead atoms. The van der Waals surface area contributed by atoms with Gasteiger partial charge in [0.25, 0.3) is 0 Å². The summed E-state index contributed by atoms with van der Waals surface area (Å²) in [5, 5.41) is 4.24. The summed E-state index contributed by atoms with van der Waals surface area (Å²) in [6.07, 6.45) is 5.06. The number of nitrogens with zero attached hydrogens (tertiary/aromatic N) is 2. The lowest BCUT2D eigenvalue weighted by atomic mass is 9.64. The average molecular weight is 271 g/mol. The fourth-order valence-corrected chi connectivity index (χ4v) is 2.83. The zero-order chi connectivity index (χ0) is 14.0. The van der Waals surface area contributed by atoms with Crippen LogP contribution in [0.25, 0.3) is 0 Å². The number of hydrogen-bond acceptors (Lipinski definition) is 4. The topological polar surface area (TPSA) is 64.9 Å². The molecule has 0 saturated heterocycles. The summed E-state index contributed by atoms with van der Waals surface area (Å²) in [6.45, 7) is 1.99. The van der Waals surface area contributed by atoms with E-state index in [0.717, 1.165) is 31.5 Å². The van der Waals surface area contributed by atoms with Crippen molar-refractivity contribution >= 4 is 0 Å². The number of aromatic nitrogens is 2. The van der Waals surface area contributed by atoms with E-state index >= 15 is 0 Å². The van der Waals surface area contributed by atoms with Crippen LogP contribution in [0.15, 0.2) is 34.9 Å². The summed E-state index contributed by atoms with van der Waals surface area (Å²) in [6, 6.07) is 10.7. The second-order valence-corrected chi connectivity index (χ2v) is 5.83. The maximum Gasteiger partial charge on any atom is 0.226 e. The molecular weight excluding hydrogens is 250 g/mol. The fraction of sp³-hybridized carbons (Fsp3) is 0.500. The molecule has 1 saturated carbocycles. The number of hydrogen-bond donors (Lipinski definition) is 1. The minimum Gasteiger partial charge on any atom is -0.339 e. The third kappa shape index (κ3) is 2.36. The van der Waals surface area contributed by atoms with E-state index in [4.69, 9.17) is 10.3 Å². The standard InChI is InChI=1S/C16H21N3O/c1-12(17)8-9-14-18-15(19-20-14)16(10-5-11-16)13-6-3-2-4-7-13/h2-4,6-7,12H,5,8-11,17H2,1H3. The highest BCUT2D eigenvalue weighted by molar-refractivity contribution is 5.35. The number of aryl methyl sites for hydroxylation is 1. The van der Waals surface area contributed by atoms with Crippen LogP contribution in [-0.4, -0.2) is 16.2 Å². The molecule has 0 aliphatic heterocycles. The molecule has 0 spiro atoms. The summed E-state index contributed by atoms with van der Waals surface area (Å²) in [5.41, 5.74) is 7.04.